The summed E-state index contributed by atoms with van der Waals surface area (Å²) in [6.45, 7) is -0.368. The molecule has 0 unspecified atom stereocenters. The summed E-state index contributed by atoms with van der Waals surface area (Å²) in [5.41, 5.74) is 5.00. The molecule has 0 rings (SSSR count). The summed E-state index contributed by atoms with van der Waals surface area (Å²) >= 11 is 0. The number of carbonyl (C=O) groups is 1. The first-order valence-corrected chi connectivity index (χ1v) is 4.94. The van der Waals surface area contributed by atoms with Crippen LogP contribution in [0.3, 0.4) is 0 Å². The normalized spacial score (nSPS) is 12.4. The average molecular weight is 215 g/mol. The molecule has 0 aromatic rings. The molecule has 0 spiro atoms. The first-order valence-electron chi connectivity index (χ1n) is 3.09. The van der Waals surface area contributed by atoms with Crippen LogP contribution in [0.1, 0.15) is 0 Å². The standard InChI is InChI=1S/C4H9NO3.CH4O3S/c1-8-4(7)3(5)2-6;1-5(2,3)4/h3,6H,2,5H2,1H3;1H3,(H,2,3,4)/t3-;/m0./s1. The number of hydrogen-bond donors (Lipinski definition) is 3. The van der Waals surface area contributed by atoms with Crippen LogP contribution in [0.4, 0.5) is 0 Å². The Morgan fingerprint density at radius 3 is 2.00 bits per heavy atom. The fourth-order valence-corrected chi connectivity index (χ4v) is 0.226. The molecule has 0 aliphatic carbocycles. The van der Waals surface area contributed by atoms with Crippen LogP contribution in [0, 0.1) is 0 Å². The fraction of sp³-hybridized carbons (Fsp3) is 0.800. The van der Waals surface area contributed by atoms with Crippen molar-refractivity contribution in [3.63, 3.8) is 0 Å². The Morgan fingerprint density at radius 1 is 1.62 bits per heavy atom. The maximum Gasteiger partial charge on any atom is 0.325 e. The van der Waals surface area contributed by atoms with Gasteiger partial charge in [-0.2, -0.15) is 8.42 Å². The summed E-state index contributed by atoms with van der Waals surface area (Å²) in [6, 6.07) is -0.889. The maximum atomic E-state index is 10.2. The number of hydrogen-bond acceptors (Lipinski definition) is 6. The third-order valence-corrected chi connectivity index (χ3v) is 0.701. The van der Waals surface area contributed by atoms with Gasteiger partial charge in [-0.3, -0.25) is 9.35 Å². The number of nitrogens with two attached hydrogens (primary N) is 1. The second kappa shape index (κ2) is 6.78. The van der Waals surface area contributed by atoms with E-state index in [0.29, 0.717) is 6.26 Å². The highest BCUT2D eigenvalue weighted by molar-refractivity contribution is 7.85. The molecule has 7 nitrogen and oxygen atoms in total. The zero-order valence-electron chi connectivity index (χ0n) is 7.30. The Balaban J connectivity index is 0. The van der Waals surface area contributed by atoms with E-state index in [1.54, 1.807) is 0 Å². The molecule has 0 aliphatic heterocycles. The van der Waals surface area contributed by atoms with Gasteiger partial charge in [-0.05, 0) is 0 Å². The summed E-state index contributed by atoms with van der Waals surface area (Å²) in [7, 11) is -2.45. The Labute approximate surface area is 76.2 Å². The van der Waals surface area contributed by atoms with Crippen molar-refractivity contribution in [3.8, 4) is 0 Å². The van der Waals surface area contributed by atoms with Crippen molar-refractivity contribution in [2.75, 3.05) is 20.0 Å². The summed E-state index contributed by atoms with van der Waals surface area (Å²) in [5, 5.41) is 8.21. The van der Waals surface area contributed by atoms with Crippen LogP contribution >= 0.6 is 0 Å². The lowest BCUT2D eigenvalue weighted by Gasteiger charge is -2.02. The van der Waals surface area contributed by atoms with Crippen LogP contribution in [-0.4, -0.2) is 50.1 Å². The Kier molecular flexibility index (Phi) is 7.72. The van der Waals surface area contributed by atoms with Gasteiger partial charge in [0.2, 0.25) is 0 Å². The predicted octanol–water partition coefficient (Wildman–Crippen LogP) is -2.02. The van der Waals surface area contributed by atoms with Crippen LogP contribution in [0.25, 0.3) is 0 Å². The van der Waals surface area contributed by atoms with Crippen molar-refractivity contribution < 1.29 is 27.6 Å². The van der Waals surface area contributed by atoms with E-state index in [-0.39, 0.29) is 6.61 Å². The van der Waals surface area contributed by atoms with Gasteiger partial charge in [0.1, 0.15) is 6.04 Å². The molecule has 0 bridgehead atoms. The minimum atomic E-state index is -3.67. The van der Waals surface area contributed by atoms with Gasteiger partial charge in [-0.15, -0.1) is 0 Å². The van der Waals surface area contributed by atoms with E-state index in [4.69, 9.17) is 15.4 Å². The zero-order valence-corrected chi connectivity index (χ0v) is 8.11. The summed E-state index contributed by atoms with van der Waals surface area (Å²) < 4.78 is 30.0. The number of aliphatic hydroxyl groups excluding tert-OH is 1. The van der Waals surface area contributed by atoms with Gasteiger partial charge in [0.05, 0.1) is 20.0 Å². The molecular formula is C5H13NO6S. The molecule has 4 N–H and O–H groups in total. The summed E-state index contributed by atoms with van der Waals surface area (Å²) in [6.07, 6.45) is 0.715. The van der Waals surface area contributed by atoms with Gasteiger partial charge in [0.15, 0.2) is 0 Å². The van der Waals surface area contributed by atoms with E-state index >= 15 is 0 Å². The van der Waals surface area contributed by atoms with E-state index in [0.717, 1.165) is 0 Å². The Bertz CT molecular complexity index is 227. The molecule has 0 fully saturated rings. The molecule has 0 aromatic carbocycles. The summed E-state index contributed by atoms with van der Waals surface area (Å²) in [5.74, 6) is -0.590. The molecule has 0 aromatic heterocycles. The van der Waals surface area contributed by atoms with Crippen molar-refractivity contribution in [1.82, 2.24) is 0 Å². The number of carbonyl (C=O) groups excluding carboxylic acids is 1. The quantitative estimate of drug-likeness (QED) is 0.358. The third kappa shape index (κ3) is 18.3. The Morgan fingerprint density at radius 2 is 1.92 bits per heavy atom. The van der Waals surface area contributed by atoms with Gasteiger partial charge >= 0.3 is 5.97 Å². The SMILES string of the molecule is COC(=O)[C@@H](N)CO.CS(=O)(=O)O. The summed E-state index contributed by atoms with van der Waals surface area (Å²) in [4.78, 5) is 10.2. The monoisotopic (exact) mass is 215 g/mol. The van der Waals surface area contributed by atoms with Gasteiger partial charge < -0.3 is 15.6 Å². The lowest BCUT2D eigenvalue weighted by Crippen LogP contribution is -2.34. The largest absolute Gasteiger partial charge is 0.468 e. The van der Waals surface area contributed by atoms with Crippen molar-refractivity contribution in [1.29, 1.82) is 0 Å². The highest BCUT2D eigenvalue weighted by Gasteiger charge is 2.10. The van der Waals surface area contributed by atoms with Crippen molar-refractivity contribution >= 4 is 16.1 Å². The molecule has 0 saturated carbocycles. The Hall–Kier alpha value is -0.700. The minimum Gasteiger partial charge on any atom is -0.468 e. The van der Waals surface area contributed by atoms with Crippen molar-refractivity contribution in [2.24, 2.45) is 5.73 Å². The van der Waals surface area contributed by atoms with Gasteiger partial charge in [-0.25, -0.2) is 0 Å². The second-order valence-electron chi connectivity index (χ2n) is 2.05. The molecule has 0 aliphatic rings. The molecule has 0 saturated heterocycles. The number of ether oxygens (including phenoxy) is 1. The molecule has 13 heavy (non-hydrogen) atoms. The van der Waals surface area contributed by atoms with Crippen LogP contribution in [0.5, 0.6) is 0 Å². The third-order valence-electron chi connectivity index (χ3n) is 0.701. The van der Waals surface area contributed by atoms with Crippen LogP contribution < -0.4 is 5.73 Å². The molecular weight excluding hydrogens is 202 g/mol. The van der Waals surface area contributed by atoms with Gasteiger partial charge in [0, 0.05) is 0 Å². The predicted molar refractivity (Wildman–Crippen MR) is 44.5 cm³/mol. The molecule has 80 valence electrons. The lowest BCUT2D eigenvalue weighted by molar-refractivity contribution is -0.143. The van der Waals surface area contributed by atoms with Crippen LogP contribution in [-0.2, 0) is 19.6 Å². The first kappa shape index (κ1) is 14.8. The minimum absolute atomic E-state index is 0.368. The smallest absolute Gasteiger partial charge is 0.325 e. The van der Waals surface area contributed by atoms with E-state index in [1.165, 1.54) is 7.11 Å². The molecule has 0 heterocycles. The second-order valence-corrected chi connectivity index (χ2v) is 3.51. The van der Waals surface area contributed by atoms with Gasteiger partial charge in [-0.1, -0.05) is 0 Å². The van der Waals surface area contributed by atoms with Crippen LogP contribution in [0.15, 0.2) is 0 Å². The highest BCUT2D eigenvalue weighted by Crippen LogP contribution is 1.78. The molecule has 1 atom stereocenters. The van der Waals surface area contributed by atoms with Gasteiger partial charge in [0.25, 0.3) is 10.1 Å². The highest BCUT2D eigenvalue weighted by atomic mass is 32.2. The first-order chi connectivity index (χ1) is 5.72. The number of methoxy groups -OCH3 is 1. The van der Waals surface area contributed by atoms with Crippen LogP contribution in [0.2, 0.25) is 0 Å². The van der Waals surface area contributed by atoms with Crippen molar-refractivity contribution in [3.05, 3.63) is 0 Å². The lowest BCUT2D eigenvalue weighted by atomic mass is 10.3. The van der Waals surface area contributed by atoms with E-state index in [2.05, 4.69) is 4.74 Å². The number of aliphatic hydroxyl groups is 1. The zero-order chi connectivity index (χ0) is 11.1. The van der Waals surface area contributed by atoms with Crippen molar-refractivity contribution in [2.45, 2.75) is 6.04 Å². The topological polar surface area (TPSA) is 127 Å². The average Bonchev–Trinajstić information content (AvgIpc) is 1.98. The van der Waals surface area contributed by atoms with E-state index < -0.39 is 22.1 Å². The van der Waals surface area contributed by atoms with E-state index in [9.17, 15) is 13.2 Å². The van der Waals surface area contributed by atoms with E-state index in [1.807, 2.05) is 0 Å². The fourth-order valence-electron chi connectivity index (χ4n) is 0.226. The molecule has 0 radical (unpaired) electrons. The molecule has 0 amide bonds. The number of esters is 1. The molecule has 8 heteroatoms. The number of rotatable bonds is 2. The maximum absolute atomic E-state index is 10.2.